The lowest BCUT2D eigenvalue weighted by Gasteiger charge is -2.15. The summed E-state index contributed by atoms with van der Waals surface area (Å²) in [5, 5.41) is 10.0. The van der Waals surface area contributed by atoms with E-state index in [9.17, 15) is 0 Å². The average molecular weight is 487 g/mol. The molecule has 0 aliphatic carbocycles. The molecule has 0 unspecified atom stereocenters. The summed E-state index contributed by atoms with van der Waals surface area (Å²) in [4.78, 5) is 0. The molecule has 142 valence electrons. The number of benzene rings is 3. The smallest absolute Gasteiger partial charge is 0.313 e. The van der Waals surface area contributed by atoms with Crippen LogP contribution in [0.1, 0.15) is 12.5 Å². The fourth-order valence-corrected chi connectivity index (χ4v) is 3.77. The van der Waals surface area contributed by atoms with E-state index in [1.54, 1.807) is 0 Å². The van der Waals surface area contributed by atoms with Crippen molar-refractivity contribution >= 4 is 39.4 Å². The number of hydrogen-bond acceptors (Lipinski definition) is 6. The van der Waals surface area contributed by atoms with Crippen molar-refractivity contribution in [3.63, 3.8) is 0 Å². The van der Waals surface area contributed by atoms with Crippen LogP contribution in [0.4, 0.5) is 6.01 Å². The van der Waals surface area contributed by atoms with E-state index >= 15 is 0 Å². The van der Waals surface area contributed by atoms with Crippen LogP contribution in [-0.2, 0) is 6.61 Å². The van der Waals surface area contributed by atoms with E-state index in [1.807, 2.05) is 37.3 Å². The van der Waals surface area contributed by atoms with E-state index in [0.717, 1.165) is 14.7 Å². The van der Waals surface area contributed by atoms with Crippen molar-refractivity contribution in [2.75, 3.05) is 12.3 Å². The zero-order valence-electron chi connectivity index (χ0n) is 15.2. The first-order chi connectivity index (χ1) is 13.7. The Balaban J connectivity index is 1.66. The quantitative estimate of drug-likeness (QED) is 0.383. The van der Waals surface area contributed by atoms with Crippen molar-refractivity contribution < 1.29 is 13.9 Å². The maximum atomic E-state index is 6.19. The van der Waals surface area contributed by atoms with E-state index in [2.05, 4.69) is 57.1 Å². The van der Waals surface area contributed by atoms with Crippen LogP contribution < -0.4 is 15.2 Å². The highest BCUT2D eigenvalue weighted by Crippen LogP contribution is 2.38. The molecule has 0 fully saturated rings. The van der Waals surface area contributed by atoms with Gasteiger partial charge in [0.25, 0.3) is 0 Å². The summed E-state index contributed by atoms with van der Waals surface area (Å²) in [5.74, 6) is 1.66. The molecular formula is C21H18IN3O3. The van der Waals surface area contributed by atoms with Gasteiger partial charge in [-0.2, -0.15) is 0 Å². The highest BCUT2D eigenvalue weighted by atomic mass is 127. The Morgan fingerprint density at radius 3 is 2.64 bits per heavy atom. The summed E-state index contributed by atoms with van der Waals surface area (Å²) in [5.41, 5.74) is 7.39. The second-order valence-corrected chi connectivity index (χ2v) is 7.25. The molecule has 2 N–H and O–H groups in total. The predicted molar refractivity (Wildman–Crippen MR) is 116 cm³/mol. The number of aromatic nitrogens is 2. The van der Waals surface area contributed by atoms with Crippen LogP contribution in [-0.4, -0.2) is 16.8 Å². The van der Waals surface area contributed by atoms with E-state index in [4.69, 9.17) is 19.6 Å². The molecule has 28 heavy (non-hydrogen) atoms. The first kappa shape index (κ1) is 18.5. The van der Waals surface area contributed by atoms with Crippen LogP contribution in [0.2, 0.25) is 0 Å². The Morgan fingerprint density at radius 1 is 1.04 bits per heavy atom. The normalized spacial score (nSPS) is 10.9. The molecule has 0 saturated carbocycles. The van der Waals surface area contributed by atoms with Gasteiger partial charge in [-0.1, -0.05) is 47.6 Å². The maximum Gasteiger partial charge on any atom is 0.313 e. The molecule has 0 aliphatic heterocycles. The summed E-state index contributed by atoms with van der Waals surface area (Å²) in [6.45, 7) is 2.87. The Morgan fingerprint density at radius 2 is 1.86 bits per heavy atom. The first-order valence-electron chi connectivity index (χ1n) is 8.81. The van der Waals surface area contributed by atoms with Gasteiger partial charge in [0.15, 0.2) is 11.5 Å². The minimum absolute atomic E-state index is 0.0271. The van der Waals surface area contributed by atoms with Gasteiger partial charge in [-0.05, 0) is 58.0 Å². The van der Waals surface area contributed by atoms with Crippen LogP contribution in [0.3, 0.4) is 0 Å². The molecule has 1 aromatic heterocycles. The van der Waals surface area contributed by atoms with E-state index in [-0.39, 0.29) is 6.01 Å². The molecule has 0 radical (unpaired) electrons. The lowest BCUT2D eigenvalue weighted by Crippen LogP contribution is -2.02. The van der Waals surface area contributed by atoms with Gasteiger partial charge < -0.3 is 19.6 Å². The number of ether oxygens (including phenoxy) is 2. The van der Waals surface area contributed by atoms with Crippen molar-refractivity contribution in [1.29, 1.82) is 0 Å². The lowest BCUT2D eigenvalue weighted by molar-refractivity contribution is 0.268. The number of nitrogens with two attached hydrogens (primary N) is 1. The number of anilines is 1. The van der Waals surface area contributed by atoms with Gasteiger partial charge in [-0.25, -0.2) is 0 Å². The second kappa shape index (κ2) is 8.05. The Hall–Kier alpha value is -2.81. The van der Waals surface area contributed by atoms with Gasteiger partial charge in [0.2, 0.25) is 5.89 Å². The predicted octanol–water partition coefficient (Wildman–Crippen LogP) is 5.05. The molecule has 0 aliphatic rings. The number of nitrogen functional groups attached to an aromatic ring is 1. The van der Waals surface area contributed by atoms with E-state index in [1.165, 1.54) is 10.8 Å². The largest absolute Gasteiger partial charge is 0.490 e. The summed E-state index contributed by atoms with van der Waals surface area (Å²) >= 11 is 2.22. The molecule has 0 saturated heterocycles. The van der Waals surface area contributed by atoms with Gasteiger partial charge in [-0.3, -0.25) is 0 Å². The topological polar surface area (TPSA) is 83.4 Å². The minimum atomic E-state index is 0.0271. The fraction of sp³-hybridized carbons (Fsp3) is 0.143. The number of nitrogens with zero attached hydrogens (tertiary/aromatic N) is 2. The van der Waals surface area contributed by atoms with Crippen molar-refractivity contribution in [3.05, 3.63) is 63.7 Å². The monoisotopic (exact) mass is 487 g/mol. The van der Waals surface area contributed by atoms with Crippen molar-refractivity contribution in [2.45, 2.75) is 13.5 Å². The van der Waals surface area contributed by atoms with Crippen LogP contribution in [0.25, 0.3) is 22.2 Å². The van der Waals surface area contributed by atoms with Crippen molar-refractivity contribution in [3.8, 4) is 23.0 Å². The van der Waals surface area contributed by atoms with E-state index in [0.29, 0.717) is 30.6 Å². The molecule has 0 atom stereocenters. The summed E-state index contributed by atoms with van der Waals surface area (Å²) < 4.78 is 18.2. The molecule has 0 spiro atoms. The number of rotatable bonds is 6. The lowest BCUT2D eigenvalue weighted by atomic mass is 10.1. The van der Waals surface area contributed by atoms with Crippen LogP contribution in [0.5, 0.6) is 11.5 Å². The zero-order chi connectivity index (χ0) is 19.5. The van der Waals surface area contributed by atoms with Crippen LogP contribution in [0.15, 0.2) is 59.0 Å². The van der Waals surface area contributed by atoms with Crippen molar-refractivity contribution in [1.82, 2.24) is 10.2 Å². The number of hydrogen-bond donors (Lipinski definition) is 1. The molecule has 3 aromatic carbocycles. The van der Waals surface area contributed by atoms with Crippen LogP contribution in [0, 0.1) is 3.57 Å². The van der Waals surface area contributed by atoms with Gasteiger partial charge >= 0.3 is 6.01 Å². The standard InChI is InChI=1S/C21H18IN3O3/c1-2-26-18-11-15(20-24-25-21(23)28-20)10-17(22)19(18)27-12-14-8-5-7-13-6-3-4-9-16(13)14/h3-11H,2,12H2,1H3,(H2,23,25). The third-order valence-electron chi connectivity index (χ3n) is 4.25. The Labute approximate surface area is 175 Å². The number of fused-ring (bicyclic) bond motifs is 1. The number of halogens is 1. The van der Waals surface area contributed by atoms with Gasteiger partial charge in [0, 0.05) is 5.56 Å². The molecule has 6 nitrogen and oxygen atoms in total. The third kappa shape index (κ3) is 3.75. The molecule has 0 amide bonds. The van der Waals surface area contributed by atoms with E-state index < -0.39 is 0 Å². The van der Waals surface area contributed by atoms with Gasteiger partial charge in [0.05, 0.1) is 10.2 Å². The zero-order valence-corrected chi connectivity index (χ0v) is 17.3. The molecule has 0 bridgehead atoms. The summed E-state index contributed by atoms with van der Waals surface area (Å²) in [6, 6.07) is 18.2. The van der Waals surface area contributed by atoms with Crippen LogP contribution >= 0.6 is 22.6 Å². The fourth-order valence-electron chi connectivity index (χ4n) is 3.01. The first-order valence-corrected chi connectivity index (χ1v) is 9.88. The van der Waals surface area contributed by atoms with Gasteiger partial charge in [0.1, 0.15) is 6.61 Å². The minimum Gasteiger partial charge on any atom is -0.490 e. The Bertz CT molecular complexity index is 1120. The van der Waals surface area contributed by atoms with Gasteiger partial charge in [-0.15, -0.1) is 5.10 Å². The SMILES string of the molecule is CCOc1cc(-c2nnc(N)o2)cc(I)c1OCc1cccc2ccccc12. The third-order valence-corrected chi connectivity index (χ3v) is 5.05. The Kier molecular flexibility index (Phi) is 5.34. The molecular weight excluding hydrogens is 469 g/mol. The maximum absolute atomic E-state index is 6.19. The average Bonchev–Trinajstić information content (AvgIpc) is 3.14. The summed E-state index contributed by atoms with van der Waals surface area (Å²) in [6.07, 6.45) is 0. The molecule has 4 aromatic rings. The van der Waals surface area contributed by atoms with Crippen molar-refractivity contribution in [2.24, 2.45) is 0 Å². The summed E-state index contributed by atoms with van der Waals surface area (Å²) in [7, 11) is 0. The molecule has 7 heteroatoms. The molecule has 4 rings (SSSR count). The second-order valence-electron chi connectivity index (χ2n) is 6.09. The highest BCUT2D eigenvalue weighted by Gasteiger charge is 2.17. The highest BCUT2D eigenvalue weighted by molar-refractivity contribution is 14.1. The molecule has 1 heterocycles.